The third-order valence-corrected chi connectivity index (χ3v) is 8.96. The Morgan fingerprint density at radius 1 is 1.02 bits per heavy atom. The predicted octanol–water partition coefficient (Wildman–Crippen LogP) is 6.45. The molecule has 11 heteroatoms. The maximum absolute atomic E-state index is 13.6. The smallest absolute Gasteiger partial charge is 0.264 e. The van der Waals surface area contributed by atoms with Gasteiger partial charge >= 0.3 is 0 Å². The Hall–Kier alpha value is -3.79. The van der Waals surface area contributed by atoms with Gasteiger partial charge in [-0.05, 0) is 82.3 Å². The van der Waals surface area contributed by atoms with Crippen LogP contribution in [0, 0.1) is 20.8 Å². The van der Waals surface area contributed by atoms with Crippen LogP contribution >= 0.6 is 23.2 Å². The molecule has 0 aliphatic heterocycles. The zero-order valence-electron chi connectivity index (χ0n) is 23.1. The second-order valence-corrected chi connectivity index (χ2v) is 11.9. The molecular weight excluding hydrogens is 583 g/mol. The summed E-state index contributed by atoms with van der Waals surface area (Å²) in [4.78, 5) is 13.0. The Labute approximate surface area is 250 Å². The highest BCUT2D eigenvalue weighted by molar-refractivity contribution is 7.92. The van der Waals surface area contributed by atoms with Gasteiger partial charge in [0.1, 0.15) is 12.3 Å². The van der Waals surface area contributed by atoms with Crippen molar-refractivity contribution >= 4 is 51.0 Å². The van der Waals surface area contributed by atoms with Crippen LogP contribution in [0.1, 0.15) is 29.4 Å². The first kappa shape index (κ1) is 30.2. The Bertz CT molecular complexity index is 1680. The SMILES string of the molecule is CCOc1ccc(S(=O)(=O)N(CC(=O)N/N=C\c2cc(C)n(-c3cccc(Cl)c3Cl)c2C)c2ccc(C)cc2)cc1. The number of benzene rings is 3. The van der Waals surface area contributed by atoms with E-state index in [1.54, 1.807) is 42.5 Å². The van der Waals surface area contributed by atoms with Gasteiger partial charge in [0.15, 0.2) is 0 Å². The highest BCUT2D eigenvalue weighted by Gasteiger charge is 2.27. The summed E-state index contributed by atoms with van der Waals surface area (Å²) in [5.41, 5.74) is 6.97. The number of sulfonamides is 1. The summed E-state index contributed by atoms with van der Waals surface area (Å²) in [6.07, 6.45) is 1.51. The molecule has 0 aliphatic carbocycles. The minimum absolute atomic E-state index is 0.0324. The molecule has 0 spiro atoms. The number of rotatable bonds is 10. The van der Waals surface area contributed by atoms with E-state index in [1.165, 1.54) is 18.3 Å². The molecule has 1 N–H and O–H groups in total. The molecule has 0 radical (unpaired) electrons. The van der Waals surface area contributed by atoms with Crippen LogP contribution < -0.4 is 14.5 Å². The fourth-order valence-corrected chi connectivity index (χ4v) is 6.12. The van der Waals surface area contributed by atoms with Gasteiger partial charge in [-0.15, -0.1) is 0 Å². The van der Waals surface area contributed by atoms with Gasteiger partial charge in [0.05, 0.1) is 39.1 Å². The quantitative estimate of drug-likeness (QED) is 0.164. The summed E-state index contributed by atoms with van der Waals surface area (Å²) in [5.74, 6) is -0.0551. The number of carbonyl (C=O) groups is 1. The monoisotopic (exact) mass is 612 g/mol. The van der Waals surface area contributed by atoms with Crippen LogP contribution in [-0.4, -0.2) is 38.3 Å². The first-order chi connectivity index (χ1) is 19.5. The molecule has 1 heterocycles. The number of aryl methyl sites for hydroxylation is 2. The minimum Gasteiger partial charge on any atom is -0.494 e. The molecule has 0 aliphatic rings. The van der Waals surface area contributed by atoms with E-state index in [4.69, 9.17) is 27.9 Å². The number of hydrogen-bond donors (Lipinski definition) is 1. The lowest BCUT2D eigenvalue weighted by Crippen LogP contribution is -2.39. The van der Waals surface area contributed by atoms with Crippen LogP contribution in [0.3, 0.4) is 0 Å². The number of halogens is 2. The number of carbonyl (C=O) groups excluding carboxylic acids is 1. The number of nitrogens with one attached hydrogen (secondary N) is 1. The summed E-state index contributed by atoms with van der Waals surface area (Å²) < 4.78 is 35.7. The molecule has 0 saturated carbocycles. The van der Waals surface area contributed by atoms with Crippen LogP contribution in [0.5, 0.6) is 5.75 Å². The molecule has 8 nitrogen and oxygen atoms in total. The molecule has 1 amide bonds. The van der Waals surface area contributed by atoms with E-state index in [1.807, 2.05) is 50.5 Å². The van der Waals surface area contributed by atoms with Crippen molar-refractivity contribution in [2.75, 3.05) is 17.5 Å². The highest BCUT2D eigenvalue weighted by atomic mass is 35.5. The van der Waals surface area contributed by atoms with E-state index in [9.17, 15) is 13.2 Å². The third kappa shape index (κ3) is 6.75. The maximum Gasteiger partial charge on any atom is 0.264 e. The maximum atomic E-state index is 13.6. The molecule has 0 fully saturated rings. The lowest BCUT2D eigenvalue weighted by Gasteiger charge is -2.24. The number of hydrogen-bond acceptors (Lipinski definition) is 5. The van der Waals surface area contributed by atoms with Gasteiger partial charge in [0, 0.05) is 17.0 Å². The zero-order valence-corrected chi connectivity index (χ0v) is 25.4. The number of hydrazone groups is 1. The summed E-state index contributed by atoms with van der Waals surface area (Å²) in [7, 11) is -4.08. The number of nitrogens with zero attached hydrogens (tertiary/aromatic N) is 3. The topological polar surface area (TPSA) is 93.0 Å². The van der Waals surface area contributed by atoms with E-state index < -0.39 is 22.5 Å². The van der Waals surface area contributed by atoms with Crippen LogP contribution in [0.15, 0.2) is 82.8 Å². The van der Waals surface area contributed by atoms with Gasteiger partial charge in [-0.2, -0.15) is 5.10 Å². The second-order valence-electron chi connectivity index (χ2n) is 9.28. The van der Waals surface area contributed by atoms with Crippen LogP contribution in [0.2, 0.25) is 10.0 Å². The molecule has 41 heavy (non-hydrogen) atoms. The van der Waals surface area contributed by atoms with Crippen molar-refractivity contribution in [3.63, 3.8) is 0 Å². The van der Waals surface area contributed by atoms with Crippen molar-refractivity contribution in [2.45, 2.75) is 32.6 Å². The number of aromatic nitrogens is 1. The zero-order chi connectivity index (χ0) is 29.7. The van der Waals surface area contributed by atoms with Gasteiger partial charge < -0.3 is 9.30 Å². The van der Waals surface area contributed by atoms with Crippen molar-refractivity contribution in [1.29, 1.82) is 0 Å². The molecule has 1 aromatic heterocycles. The van der Waals surface area contributed by atoms with Gasteiger partial charge in [0.25, 0.3) is 15.9 Å². The first-order valence-electron chi connectivity index (χ1n) is 12.8. The molecule has 4 rings (SSSR count). The summed E-state index contributed by atoms with van der Waals surface area (Å²) >= 11 is 12.6. The molecule has 0 bridgehead atoms. The average molecular weight is 614 g/mol. The lowest BCUT2D eigenvalue weighted by atomic mass is 10.2. The Balaban J connectivity index is 1.56. The molecule has 3 aromatic carbocycles. The van der Waals surface area contributed by atoms with Gasteiger partial charge in [-0.1, -0.05) is 47.0 Å². The van der Waals surface area contributed by atoms with E-state index in [0.29, 0.717) is 28.1 Å². The highest BCUT2D eigenvalue weighted by Crippen LogP contribution is 2.31. The Morgan fingerprint density at radius 2 is 1.71 bits per heavy atom. The van der Waals surface area contributed by atoms with Gasteiger partial charge in [-0.3, -0.25) is 9.10 Å². The lowest BCUT2D eigenvalue weighted by molar-refractivity contribution is -0.119. The first-order valence-corrected chi connectivity index (χ1v) is 15.0. The van der Waals surface area contributed by atoms with E-state index in [-0.39, 0.29) is 4.90 Å². The molecule has 214 valence electrons. The number of amides is 1. The van der Waals surface area contributed by atoms with Crippen LogP contribution in [0.4, 0.5) is 5.69 Å². The normalized spacial score (nSPS) is 11.6. The van der Waals surface area contributed by atoms with Crippen molar-refractivity contribution < 1.29 is 17.9 Å². The molecular formula is C30H30Cl2N4O4S. The number of ether oxygens (including phenoxy) is 1. The van der Waals surface area contributed by atoms with Crippen molar-refractivity contribution in [3.8, 4) is 11.4 Å². The summed E-state index contributed by atoms with van der Waals surface area (Å²) in [6, 6.07) is 20.3. The van der Waals surface area contributed by atoms with Crippen LogP contribution in [-0.2, 0) is 14.8 Å². The van der Waals surface area contributed by atoms with Crippen LogP contribution in [0.25, 0.3) is 5.69 Å². The third-order valence-electron chi connectivity index (χ3n) is 6.37. The van der Waals surface area contributed by atoms with Gasteiger partial charge in [0.2, 0.25) is 0 Å². The van der Waals surface area contributed by atoms with Gasteiger partial charge in [-0.25, -0.2) is 13.8 Å². The fraction of sp³-hybridized carbons (Fsp3) is 0.200. The predicted molar refractivity (Wildman–Crippen MR) is 164 cm³/mol. The molecule has 0 unspecified atom stereocenters. The fourth-order valence-electron chi connectivity index (χ4n) is 4.32. The average Bonchev–Trinajstić information content (AvgIpc) is 3.22. The second kappa shape index (κ2) is 12.8. The standard InChI is InChI=1S/C30H30Cl2N4O4S/c1-5-40-25-13-15-26(16-14-25)41(38,39)35(24-11-9-20(2)10-12-24)19-29(37)34-33-18-23-17-21(3)36(22(23)4)28-8-6-7-27(31)30(28)32/h6-18H,5,19H2,1-4H3,(H,34,37)/b33-18-. The van der Waals surface area contributed by atoms with E-state index in [0.717, 1.165) is 32.5 Å². The van der Waals surface area contributed by atoms with E-state index >= 15 is 0 Å². The van der Waals surface area contributed by atoms with Crippen molar-refractivity contribution in [3.05, 3.63) is 105 Å². The Morgan fingerprint density at radius 3 is 2.37 bits per heavy atom. The summed E-state index contributed by atoms with van der Waals surface area (Å²) in [6.45, 7) is 7.54. The summed E-state index contributed by atoms with van der Waals surface area (Å²) in [5, 5.41) is 4.97. The molecule has 0 saturated heterocycles. The van der Waals surface area contributed by atoms with E-state index in [2.05, 4.69) is 10.5 Å². The molecule has 0 atom stereocenters. The largest absolute Gasteiger partial charge is 0.494 e. The Kier molecular flexibility index (Phi) is 9.42. The molecule has 4 aromatic rings. The van der Waals surface area contributed by atoms with Crippen molar-refractivity contribution in [2.24, 2.45) is 5.10 Å². The minimum atomic E-state index is -4.08. The van der Waals surface area contributed by atoms with Crippen molar-refractivity contribution in [1.82, 2.24) is 9.99 Å². The number of anilines is 1.